The highest BCUT2D eigenvalue weighted by Gasteiger charge is 2.31. The molecule has 1 fully saturated rings. The predicted molar refractivity (Wildman–Crippen MR) is 72.8 cm³/mol. The third-order valence-corrected chi connectivity index (χ3v) is 3.53. The minimum atomic E-state index is -0.0907. The smallest absolute Gasteiger partial charge is 0.251 e. The second-order valence-electron chi connectivity index (χ2n) is 4.99. The SMILES string of the molecule is NCC(NC(=O)c1ccc(-c2ncon2)cc1)C1CC1. The van der Waals surface area contributed by atoms with Crippen LogP contribution >= 0.6 is 0 Å². The highest BCUT2D eigenvalue weighted by molar-refractivity contribution is 5.94. The lowest BCUT2D eigenvalue weighted by Crippen LogP contribution is -2.41. The van der Waals surface area contributed by atoms with Crippen LogP contribution < -0.4 is 11.1 Å². The monoisotopic (exact) mass is 272 g/mol. The van der Waals surface area contributed by atoms with Crippen LogP contribution in [0.4, 0.5) is 0 Å². The Kier molecular flexibility index (Phi) is 3.47. The fraction of sp³-hybridized carbons (Fsp3) is 0.357. The van der Waals surface area contributed by atoms with E-state index in [1.165, 1.54) is 6.39 Å². The molecule has 1 aromatic carbocycles. The van der Waals surface area contributed by atoms with Crippen LogP contribution in [0.25, 0.3) is 11.4 Å². The number of carbonyl (C=O) groups excluding carboxylic acids is 1. The van der Waals surface area contributed by atoms with Crippen molar-refractivity contribution in [3.05, 3.63) is 36.2 Å². The van der Waals surface area contributed by atoms with Crippen molar-refractivity contribution in [2.45, 2.75) is 18.9 Å². The zero-order chi connectivity index (χ0) is 13.9. The minimum absolute atomic E-state index is 0.0828. The Morgan fingerprint density at radius 3 is 2.70 bits per heavy atom. The molecule has 1 aliphatic carbocycles. The lowest BCUT2D eigenvalue weighted by Gasteiger charge is -2.15. The fourth-order valence-electron chi connectivity index (χ4n) is 2.19. The molecule has 0 bridgehead atoms. The fourth-order valence-corrected chi connectivity index (χ4v) is 2.19. The molecule has 20 heavy (non-hydrogen) atoms. The van der Waals surface area contributed by atoms with Gasteiger partial charge in [0.1, 0.15) is 0 Å². The van der Waals surface area contributed by atoms with Gasteiger partial charge in [-0.1, -0.05) is 17.3 Å². The third-order valence-electron chi connectivity index (χ3n) is 3.53. The minimum Gasteiger partial charge on any atom is -0.348 e. The first-order chi connectivity index (χ1) is 9.78. The average Bonchev–Trinajstić information content (AvgIpc) is 3.18. The topological polar surface area (TPSA) is 94.0 Å². The molecular formula is C14H16N4O2. The van der Waals surface area contributed by atoms with E-state index in [9.17, 15) is 4.79 Å². The number of aromatic nitrogens is 2. The summed E-state index contributed by atoms with van der Waals surface area (Å²) in [6.07, 6.45) is 3.58. The molecule has 1 unspecified atom stereocenters. The van der Waals surface area contributed by atoms with Gasteiger partial charge in [0, 0.05) is 23.7 Å². The highest BCUT2D eigenvalue weighted by atomic mass is 16.5. The molecule has 3 N–H and O–H groups in total. The van der Waals surface area contributed by atoms with E-state index in [1.54, 1.807) is 24.3 Å². The van der Waals surface area contributed by atoms with Gasteiger partial charge in [-0.2, -0.15) is 4.98 Å². The van der Waals surface area contributed by atoms with Crippen molar-refractivity contribution in [1.29, 1.82) is 0 Å². The Morgan fingerprint density at radius 2 is 2.15 bits per heavy atom. The zero-order valence-corrected chi connectivity index (χ0v) is 11.0. The van der Waals surface area contributed by atoms with E-state index >= 15 is 0 Å². The first-order valence-corrected chi connectivity index (χ1v) is 6.65. The van der Waals surface area contributed by atoms with E-state index in [1.807, 2.05) is 0 Å². The molecule has 0 aliphatic heterocycles. The summed E-state index contributed by atoms with van der Waals surface area (Å²) in [5, 5.41) is 6.74. The van der Waals surface area contributed by atoms with E-state index in [0.717, 1.165) is 18.4 Å². The summed E-state index contributed by atoms with van der Waals surface area (Å²) < 4.78 is 4.69. The first-order valence-electron chi connectivity index (χ1n) is 6.65. The second-order valence-corrected chi connectivity index (χ2v) is 4.99. The number of hydrogen-bond donors (Lipinski definition) is 2. The van der Waals surface area contributed by atoms with E-state index in [4.69, 9.17) is 10.3 Å². The van der Waals surface area contributed by atoms with Crippen molar-refractivity contribution in [2.75, 3.05) is 6.54 Å². The first kappa shape index (κ1) is 12.8. The standard InChI is InChI=1S/C14H16N4O2/c15-7-12(9-1-2-9)17-14(19)11-5-3-10(4-6-11)13-16-8-20-18-13/h3-6,8-9,12H,1-2,7,15H2,(H,17,19). The molecular weight excluding hydrogens is 256 g/mol. The molecule has 1 amide bonds. The summed E-state index contributed by atoms with van der Waals surface area (Å²) in [6, 6.07) is 7.19. The van der Waals surface area contributed by atoms with Gasteiger partial charge in [0.15, 0.2) is 0 Å². The number of rotatable bonds is 5. The van der Waals surface area contributed by atoms with Crippen LogP contribution in [0.2, 0.25) is 0 Å². The zero-order valence-electron chi connectivity index (χ0n) is 11.0. The van der Waals surface area contributed by atoms with E-state index in [-0.39, 0.29) is 11.9 Å². The number of nitrogens with two attached hydrogens (primary N) is 1. The summed E-state index contributed by atoms with van der Waals surface area (Å²) in [5.74, 6) is 0.962. The van der Waals surface area contributed by atoms with Gasteiger partial charge < -0.3 is 15.6 Å². The summed E-state index contributed by atoms with van der Waals surface area (Å²) >= 11 is 0. The molecule has 0 saturated heterocycles. The Balaban J connectivity index is 1.69. The number of nitrogens with one attached hydrogen (secondary N) is 1. The molecule has 1 aliphatic rings. The Morgan fingerprint density at radius 1 is 1.40 bits per heavy atom. The number of benzene rings is 1. The number of nitrogens with zero attached hydrogens (tertiary/aromatic N) is 2. The van der Waals surface area contributed by atoms with Crippen LogP contribution in [-0.4, -0.2) is 28.6 Å². The van der Waals surface area contributed by atoms with Gasteiger partial charge in [-0.25, -0.2) is 0 Å². The van der Waals surface area contributed by atoms with Crippen molar-refractivity contribution in [3.8, 4) is 11.4 Å². The Labute approximate surface area is 116 Å². The van der Waals surface area contributed by atoms with Crippen molar-refractivity contribution >= 4 is 5.91 Å². The maximum atomic E-state index is 12.1. The maximum Gasteiger partial charge on any atom is 0.251 e. The van der Waals surface area contributed by atoms with E-state index < -0.39 is 0 Å². The van der Waals surface area contributed by atoms with Crippen LogP contribution in [0, 0.1) is 5.92 Å². The van der Waals surface area contributed by atoms with E-state index in [0.29, 0.717) is 23.9 Å². The highest BCUT2D eigenvalue weighted by Crippen LogP contribution is 2.32. The van der Waals surface area contributed by atoms with Crippen LogP contribution in [0.1, 0.15) is 23.2 Å². The Bertz CT molecular complexity index is 576. The molecule has 0 radical (unpaired) electrons. The van der Waals surface area contributed by atoms with Crippen LogP contribution in [0.3, 0.4) is 0 Å². The molecule has 104 valence electrons. The predicted octanol–water partition coefficient (Wildman–Crippen LogP) is 1.20. The van der Waals surface area contributed by atoms with Gasteiger partial charge in [-0.15, -0.1) is 0 Å². The summed E-state index contributed by atoms with van der Waals surface area (Å²) in [6.45, 7) is 0.483. The molecule has 1 aromatic heterocycles. The van der Waals surface area contributed by atoms with Gasteiger partial charge >= 0.3 is 0 Å². The molecule has 6 heteroatoms. The van der Waals surface area contributed by atoms with Crippen LogP contribution in [0.15, 0.2) is 35.2 Å². The van der Waals surface area contributed by atoms with Gasteiger partial charge in [0.25, 0.3) is 5.91 Å². The molecule has 0 spiro atoms. The molecule has 2 aromatic rings. The lowest BCUT2D eigenvalue weighted by atomic mass is 10.1. The second kappa shape index (κ2) is 5.42. The largest absolute Gasteiger partial charge is 0.348 e. The van der Waals surface area contributed by atoms with Gasteiger partial charge in [0.05, 0.1) is 0 Å². The molecule has 1 atom stereocenters. The van der Waals surface area contributed by atoms with Crippen molar-refractivity contribution < 1.29 is 9.32 Å². The third kappa shape index (κ3) is 2.70. The number of hydrogen-bond acceptors (Lipinski definition) is 5. The number of amides is 1. The average molecular weight is 272 g/mol. The Hall–Kier alpha value is -2.21. The maximum absolute atomic E-state index is 12.1. The van der Waals surface area contributed by atoms with Gasteiger partial charge in [0.2, 0.25) is 12.2 Å². The quantitative estimate of drug-likeness (QED) is 0.853. The summed E-state index contributed by atoms with van der Waals surface area (Å²) in [4.78, 5) is 16.1. The van der Waals surface area contributed by atoms with E-state index in [2.05, 4.69) is 15.5 Å². The normalized spacial score (nSPS) is 15.8. The summed E-state index contributed by atoms with van der Waals surface area (Å²) in [5.41, 5.74) is 7.11. The molecule has 6 nitrogen and oxygen atoms in total. The number of carbonyl (C=O) groups is 1. The van der Waals surface area contributed by atoms with Crippen molar-refractivity contribution in [2.24, 2.45) is 11.7 Å². The van der Waals surface area contributed by atoms with Crippen molar-refractivity contribution in [1.82, 2.24) is 15.5 Å². The lowest BCUT2D eigenvalue weighted by molar-refractivity contribution is 0.0933. The van der Waals surface area contributed by atoms with Gasteiger partial charge in [-0.3, -0.25) is 4.79 Å². The molecule has 1 heterocycles. The molecule has 1 saturated carbocycles. The van der Waals surface area contributed by atoms with Crippen molar-refractivity contribution in [3.63, 3.8) is 0 Å². The van der Waals surface area contributed by atoms with Gasteiger partial charge in [-0.05, 0) is 30.9 Å². The van der Waals surface area contributed by atoms with Crippen LogP contribution in [-0.2, 0) is 0 Å². The summed E-state index contributed by atoms with van der Waals surface area (Å²) in [7, 11) is 0. The van der Waals surface area contributed by atoms with Crippen LogP contribution in [0.5, 0.6) is 0 Å². The molecule has 3 rings (SSSR count).